The second-order valence-electron chi connectivity index (χ2n) is 4.75. The summed E-state index contributed by atoms with van der Waals surface area (Å²) in [6, 6.07) is 0.508. The maximum Gasteiger partial charge on any atom is 0.151 e. The molecule has 1 heterocycles. The molecule has 1 aliphatic rings. The van der Waals surface area contributed by atoms with Crippen molar-refractivity contribution in [2.24, 2.45) is 5.73 Å². The van der Waals surface area contributed by atoms with Gasteiger partial charge in [0.25, 0.3) is 0 Å². The second kappa shape index (κ2) is 5.98. The van der Waals surface area contributed by atoms with Crippen LogP contribution in [0.3, 0.4) is 0 Å². The van der Waals surface area contributed by atoms with Crippen LogP contribution in [0.25, 0.3) is 0 Å². The van der Waals surface area contributed by atoms with Crippen LogP contribution in [0.5, 0.6) is 0 Å². The Morgan fingerprint density at radius 2 is 2.19 bits per heavy atom. The first-order chi connectivity index (χ1) is 7.50. The molecule has 1 fully saturated rings. The number of hydrogen-bond donors (Lipinski definition) is 1. The van der Waals surface area contributed by atoms with Gasteiger partial charge in [0.2, 0.25) is 0 Å². The first-order valence-corrected chi connectivity index (χ1v) is 7.94. The van der Waals surface area contributed by atoms with E-state index in [1.54, 1.807) is 0 Å². The lowest BCUT2D eigenvalue weighted by atomic mass is 10.1. The van der Waals surface area contributed by atoms with Crippen LogP contribution in [0.15, 0.2) is 0 Å². The van der Waals surface area contributed by atoms with Crippen LogP contribution in [0, 0.1) is 0 Å². The van der Waals surface area contributed by atoms with Crippen molar-refractivity contribution in [1.82, 2.24) is 4.90 Å². The summed E-state index contributed by atoms with van der Waals surface area (Å²) in [5.74, 6) is 0.652. The zero-order valence-electron chi connectivity index (χ0n) is 10.4. The van der Waals surface area contributed by atoms with E-state index in [-0.39, 0.29) is 6.04 Å². The van der Waals surface area contributed by atoms with E-state index >= 15 is 0 Å². The topological polar surface area (TPSA) is 63.4 Å². The van der Waals surface area contributed by atoms with E-state index in [2.05, 4.69) is 11.8 Å². The molecular weight excluding hydrogens is 224 g/mol. The summed E-state index contributed by atoms with van der Waals surface area (Å²) in [7, 11) is -0.773. The molecule has 2 atom stereocenters. The molecule has 16 heavy (non-hydrogen) atoms. The van der Waals surface area contributed by atoms with Gasteiger partial charge in [-0.1, -0.05) is 19.8 Å². The van der Waals surface area contributed by atoms with Gasteiger partial charge in [0.15, 0.2) is 9.84 Å². The summed E-state index contributed by atoms with van der Waals surface area (Å²) >= 11 is 0. The zero-order chi connectivity index (χ0) is 12.2. The fourth-order valence-electron chi connectivity index (χ4n) is 2.32. The number of likely N-dealkylation sites (N-methyl/N-ethyl adjacent to an activating group) is 1. The van der Waals surface area contributed by atoms with E-state index < -0.39 is 9.84 Å². The minimum absolute atomic E-state index is 0.176. The van der Waals surface area contributed by atoms with Crippen molar-refractivity contribution in [2.45, 2.75) is 44.7 Å². The molecule has 0 aliphatic carbocycles. The molecule has 96 valence electrons. The molecule has 0 aromatic heterocycles. The Balaban J connectivity index is 2.52. The normalized spacial score (nSPS) is 26.1. The predicted octanol–water partition coefficient (Wildman–Crippen LogP) is 0.623. The first-order valence-electron chi connectivity index (χ1n) is 6.12. The maximum absolute atomic E-state index is 11.4. The summed E-state index contributed by atoms with van der Waals surface area (Å²) in [5.41, 5.74) is 5.76. The van der Waals surface area contributed by atoms with Crippen LogP contribution >= 0.6 is 0 Å². The highest BCUT2D eigenvalue weighted by molar-refractivity contribution is 7.91. The van der Waals surface area contributed by atoms with Gasteiger partial charge in [0.05, 0.1) is 11.5 Å². The molecule has 2 N–H and O–H groups in total. The summed E-state index contributed by atoms with van der Waals surface area (Å²) in [6.45, 7) is 2.78. The van der Waals surface area contributed by atoms with E-state index in [0.717, 1.165) is 25.7 Å². The van der Waals surface area contributed by atoms with Crippen molar-refractivity contribution in [3.05, 3.63) is 0 Å². The molecule has 1 aliphatic heterocycles. The van der Waals surface area contributed by atoms with Gasteiger partial charge in [-0.05, 0) is 19.9 Å². The third kappa shape index (κ3) is 3.71. The molecule has 0 radical (unpaired) electrons. The molecule has 1 saturated heterocycles. The van der Waals surface area contributed by atoms with Gasteiger partial charge in [-0.15, -0.1) is 0 Å². The summed E-state index contributed by atoms with van der Waals surface area (Å²) in [6.07, 6.45) is 4.15. The Hall–Kier alpha value is -0.130. The Bertz CT molecular complexity index is 303. The number of nitrogens with two attached hydrogens (primary N) is 1. The highest BCUT2D eigenvalue weighted by Crippen LogP contribution is 2.20. The average molecular weight is 248 g/mol. The predicted molar refractivity (Wildman–Crippen MR) is 67.2 cm³/mol. The Morgan fingerprint density at radius 1 is 1.50 bits per heavy atom. The molecule has 0 spiro atoms. The van der Waals surface area contributed by atoms with E-state index in [1.165, 1.54) is 0 Å². The van der Waals surface area contributed by atoms with Crippen LogP contribution in [0.1, 0.15) is 32.6 Å². The smallest absolute Gasteiger partial charge is 0.151 e. The maximum atomic E-state index is 11.4. The monoisotopic (exact) mass is 248 g/mol. The van der Waals surface area contributed by atoms with Gasteiger partial charge < -0.3 is 5.73 Å². The van der Waals surface area contributed by atoms with Gasteiger partial charge in [-0.25, -0.2) is 8.42 Å². The summed E-state index contributed by atoms with van der Waals surface area (Å²) in [5, 5.41) is 0. The van der Waals surface area contributed by atoms with Crippen LogP contribution in [0.4, 0.5) is 0 Å². The summed E-state index contributed by atoms with van der Waals surface area (Å²) < 4.78 is 22.8. The summed E-state index contributed by atoms with van der Waals surface area (Å²) in [4.78, 5) is 2.18. The van der Waals surface area contributed by atoms with Crippen molar-refractivity contribution < 1.29 is 8.42 Å². The lowest BCUT2D eigenvalue weighted by molar-refractivity contribution is 0.180. The molecule has 0 saturated carbocycles. The Kier molecular flexibility index (Phi) is 5.21. The quantitative estimate of drug-likeness (QED) is 0.748. The largest absolute Gasteiger partial charge is 0.329 e. The fraction of sp³-hybridized carbons (Fsp3) is 1.00. The van der Waals surface area contributed by atoms with Crippen molar-refractivity contribution in [3.8, 4) is 0 Å². The van der Waals surface area contributed by atoms with E-state index in [4.69, 9.17) is 5.73 Å². The number of hydrogen-bond acceptors (Lipinski definition) is 4. The number of nitrogens with zero attached hydrogens (tertiary/aromatic N) is 1. The Morgan fingerprint density at radius 3 is 2.62 bits per heavy atom. The molecule has 0 aromatic rings. The van der Waals surface area contributed by atoms with Crippen LogP contribution < -0.4 is 5.73 Å². The SMILES string of the molecule is CCCCC(CN)N(C)C1CCS(=O)(=O)C1. The van der Waals surface area contributed by atoms with Gasteiger partial charge in [-0.3, -0.25) is 4.90 Å². The number of rotatable bonds is 6. The third-order valence-corrected chi connectivity index (χ3v) is 5.27. The van der Waals surface area contributed by atoms with Crippen molar-refractivity contribution in [1.29, 1.82) is 0 Å². The van der Waals surface area contributed by atoms with Crippen molar-refractivity contribution >= 4 is 9.84 Å². The standard InChI is InChI=1S/C11H24N2O2S/c1-3-4-5-10(8-12)13(2)11-6-7-16(14,15)9-11/h10-11H,3-9,12H2,1-2H3. The van der Waals surface area contributed by atoms with E-state index in [1.807, 2.05) is 7.05 Å². The average Bonchev–Trinajstić information content (AvgIpc) is 2.59. The lowest BCUT2D eigenvalue weighted by Gasteiger charge is -2.31. The third-order valence-electron chi connectivity index (χ3n) is 3.52. The minimum atomic E-state index is -2.79. The molecule has 0 aromatic carbocycles. The van der Waals surface area contributed by atoms with E-state index in [0.29, 0.717) is 24.1 Å². The second-order valence-corrected chi connectivity index (χ2v) is 6.98. The van der Waals surface area contributed by atoms with Gasteiger partial charge in [0, 0.05) is 18.6 Å². The molecule has 1 rings (SSSR count). The fourth-order valence-corrected chi connectivity index (χ4v) is 4.11. The van der Waals surface area contributed by atoms with Crippen LogP contribution in [0.2, 0.25) is 0 Å². The zero-order valence-corrected chi connectivity index (χ0v) is 11.2. The highest BCUT2D eigenvalue weighted by Gasteiger charge is 2.32. The minimum Gasteiger partial charge on any atom is -0.329 e. The number of unbranched alkanes of at least 4 members (excludes halogenated alkanes) is 1. The number of sulfone groups is 1. The van der Waals surface area contributed by atoms with Crippen molar-refractivity contribution in [2.75, 3.05) is 25.1 Å². The van der Waals surface area contributed by atoms with E-state index in [9.17, 15) is 8.42 Å². The molecule has 0 amide bonds. The molecule has 4 nitrogen and oxygen atoms in total. The first kappa shape index (κ1) is 13.9. The van der Waals surface area contributed by atoms with Gasteiger partial charge in [0.1, 0.15) is 0 Å². The molecule has 0 bridgehead atoms. The van der Waals surface area contributed by atoms with Gasteiger partial charge in [-0.2, -0.15) is 0 Å². The molecular formula is C11H24N2O2S. The van der Waals surface area contributed by atoms with Crippen LogP contribution in [-0.4, -0.2) is 50.5 Å². The molecule has 5 heteroatoms. The Labute approximate surface area is 99.1 Å². The van der Waals surface area contributed by atoms with Crippen LogP contribution in [-0.2, 0) is 9.84 Å². The van der Waals surface area contributed by atoms with Crippen molar-refractivity contribution in [3.63, 3.8) is 0 Å². The molecule has 2 unspecified atom stereocenters. The van der Waals surface area contributed by atoms with Gasteiger partial charge >= 0.3 is 0 Å². The highest BCUT2D eigenvalue weighted by atomic mass is 32.2. The lowest BCUT2D eigenvalue weighted by Crippen LogP contribution is -2.44.